The first-order valence-corrected chi connectivity index (χ1v) is 10.8. The fraction of sp³-hybridized carbons (Fsp3) is 0.529. The number of hydrogen-bond donors (Lipinski definition) is 1. The van der Waals surface area contributed by atoms with Gasteiger partial charge in [0.15, 0.2) is 5.58 Å². The van der Waals surface area contributed by atoms with Crippen LogP contribution in [0.25, 0.3) is 11.1 Å². The first-order chi connectivity index (χ1) is 12.1. The van der Waals surface area contributed by atoms with Crippen LogP contribution in [0.1, 0.15) is 34.6 Å². The van der Waals surface area contributed by atoms with Crippen molar-refractivity contribution in [3.8, 4) is 0 Å². The zero-order chi connectivity index (χ0) is 19.5. The van der Waals surface area contributed by atoms with Gasteiger partial charge in [-0.2, -0.15) is 4.31 Å². The van der Waals surface area contributed by atoms with Gasteiger partial charge in [0, 0.05) is 18.6 Å². The van der Waals surface area contributed by atoms with Gasteiger partial charge in [0.05, 0.1) is 10.6 Å². The van der Waals surface area contributed by atoms with E-state index in [1.165, 1.54) is 28.2 Å². The lowest BCUT2D eigenvalue weighted by atomic mass is 10.1. The van der Waals surface area contributed by atoms with Gasteiger partial charge in [-0.1, -0.05) is 25.6 Å². The fourth-order valence-corrected chi connectivity index (χ4v) is 4.52. The fourth-order valence-electron chi connectivity index (χ4n) is 2.40. The average Bonchev–Trinajstić information content (AvgIpc) is 2.94. The largest absolute Gasteiger partial charge is 0.431 e. The monoisotopic (exact) mass is 399 g/mol. The van der Waals surface area contributed by atoms with E-state index in [9.17, 15) is 13.2 Å². The number of rotatable bonds is 7. The minimum atomic E-state index is -3.55. The Bertz CT molecular complexity index is 881. The Kier molecular flexibility index (Phi) is 6.36. The number of hydrogen-bond acceptors (Lipinski definition) is 6. The lowest BCUT2D eigenvalue weighted by Crippen LogP contribution is -2.41. The summed E-state index contributed by atoms with van der Waals surface area (Å²) in [6, 6.07) is 4.62. The molecule has 26 heavy (non-hydrogen) atoms. The number of fused-ring (bicyclic) bond motifs is 1. The van der Waals surface area contributed by atoms with Crippen molar-refractivity contribution >= 4 is 38.8 Å². The van der Waals surface area contributed by atoms with Crippen LogP contribution >= 0.6 is 11.8 Å². The van der Waals surface area contributed by atoms with Gasteiger partial charge in [-0.3, -0.25) is 4.79 Å². The molecular weight excluding hydrogens is 374 g/mol. The molecule has 9 heteroatoms. The van der Waals surface area contributed by atoms with Crippen LogP contribution in [0.2, 0.25) is 0 Å². The Morgan fingerprint density at radius 1 is 1.27 bits per heavy atom. The van der Waals surface area contributed by atoms with E-state index in [4.69, 9.17) is 4.42 Å². The summed E-state index contributed by atoms with van der Waals surface area (Å²) < 4.78 is 32.2. The maximum absolute atomic E-state index is 12.6. The van der Waals surface area contributed by atoms with Gasteiger partial charge in [0.1, 0.15) is 5.52 Å². The minimum Gasteiger partial charge on any atom is -0.431 e. The van der Waals surface area contributed by atoms with Gasteiger partial charge in [-0.15, -0.1) is 0 Å². The van der Waals surface area contributed by atoms with Crippen molar-refractivity contribution < 1.29 is 17.6 Å². The maximum Gasteiger partial charge on any atom is 0.257 e. The van der Waals surface area contributed by atoms with Gasteiger partial charge in [0.25, 0.3) is 5.22 Å². The second-order valence-corrected chi connectivity index (χ2v) is 9.65. The van der Waals surface area contributed by atoms with Gasteiger partial charge in [0.2, 0.25) is 15.9 Å². The Morgan fingerprint density at radius 2 is 1.92 bits per heavy atom. The van der Waals surface area contributed by atoms with Gasteiger partial charge < -0.3 is 9.73 Å². The Hall–Kier alpha value is -1.58. The molecule has 1 amide bonds. The van der Waals surface area contributed by atoms with Crippen LogP contribution < -0.4 is 5.32 Å². The number of carbonyl (C=O) groups is 1. The number of nitrogens with zero attached hydrogens (tertiary/aromatic N) is 2. The molecule has 0 radical (unpaired) electrons. The molecule has 7 nitrogen and oxygen atoms in total. The molecule has 0 atom stereocenters. The number of sulfonamides is 1. The number of thioether (sulfide) groups is 1. The van der Waals surface area contributed by atoms with Gasteiger partial charge >= 0.3 is 0 Å². The predicted molar refractivity (Wildman–Crippen MR) is 103 cm³/mol. The number of carbonyl (C=O) groups excluding carboxylic acids is 1. The van der Waals surface area contributed by atoms with Crippen molar-refractivity contribution in [3.63, 3.8) is 0 Å². The Balaban J connectivity index is 2.18. The summed E-state index contributed by atoms with van der Waals surface area (Å²) >= 11 is 1.17. The molecule has 0 spiro atoms. The zero-order valence-corrected chi connectivity index (χ0v) is 17.3. The van der Waals surface area contributed by atoms with Crippen LogP contribution in [-0.2, 0) is 14.8 Å². The van der Waals surface area contributed by atoms with E-state index in [0.717, 1.165) is 0 Å². The summed E-state index contributed by atoms with van der Waals surface area (Å²) in [5.41, 5.74) is 0.645. The quantitative estimate of drug-likeness (QED) is 0.720. The third-order valence-corrected chi connectivity index (χ3v) is 6.40. The van der Waals surface area contributed by atoms with E-state index in [2.05, 4.69) is 10.3 Å². The molecule has 1 aromatic carbocycles. The predicted octanol–water partition coefficient (Wildman–Crippen LogP) is 2.87. The van der Waals surface area contributed by atoms with Crippen molar-refractivity contribution in [2.75, 3.05) is 18.8 Å². The third kappa shape index (κ3) is 4.99. The molecule has 0 saturated carbocycles. The first-order valence-electron chi connectivity index (χ1n) is 8.41. The van der Waals surface area contributed by atoms with Crippen molar-refractivity contribution in [1.29, 1.82) is 0 Å². The topological polar surface area (TPSA) is 92.5 Å². The molecule has 2 rings (SSSR count). The molecule has 144 valence electrons. The summed E-state index contributed by atoms with van der Waals surface area (Å²) in [7, 11) is -3.55. The van der Waals surface area contributed by atoms with E-state index >= 15 is 0 Å². The van der Waals surface area contributed by atoms with Crippen molar-refractivity contribution in [2.24, 2.45) is 0 Å². The normalized spacial score (nSPS) is 12.7. The number of oxazole rings is 1. The molecule has 1 N–H and O–H groups in total. The Morgan fingerprint density at radius 3 is 2.50 bits per heavy atom. The highest BCUT2D eigenvalue weighted by Crippen LogP contribution is 2.26. The number of nitrogens with one attached hydrogen (secondary N) is 1. The molecule has 0 fully saturated rings. The van der Waals surface area contributed by atoms with E-state index in [1.807, 2.05) is 20.8 Å². The summed E-state index contributed by atoms with van der Waals surface area (Å²) in [5.74, 6) is 0.0591. The number of amides is 1. The second-order valence-electron chi connectivity index (χ2n) is 6.79. The van der Waals surface area contributed by atoms with E-state index in [-0.39, 0.29) is 22.1 Å². The van der Waals surface area contributed by atoms with E-state index < -0.39 is 10.0 Å². The van der Waals surface area contributed by atoms with Crippen LogP contribution in [0.3, 0.4) is 0 Å². The first kappa shape index (κ1) is 20.7. The van der Waals surface area contributed by atoms with Crippen LogP contribution in [0, 0.1) is 0 Å². The second kappa shape index (κ2) is 7.98. The smallest absolute Gasteiger partial charge is 0.257 e. The molecule has 0 aliphatic carbocycles. The van der Waals surface area contributed by atoms with Crippen molar-refractivity contribution in [3.05, 3.63) is 18.2 Å². The molecular formula is C17H25N3O4S2. The molecule has 0 aliphatic rings. The van der Waals surface area contributed by atoms with Gasteiger partial charge in [-0.25, -0.2) is 13.4 Å². The third-order valence-electron chi connectivity index (χ3n) is 3.52. The number of aromatic nitrogens is 1. The Labute approximate surface area is 158 Å². The molecule has 2 aromatic rings. The molecule has 1 heterocycles. The van der Waals surface area contributed by atoms with Crippen LogP contribution in [0.5, 0.6) is 0 Å². The molecule has 0 unspecified atom stereocenters. The van der Waals surface area contributed by atoms with Crippen LogP contribution in [0.4, 0.5) is 0 Å². The molecule has 0 saturated heterocycles. The summed E-state index contributed by atoms with van der Waals surface area (Å²) in [4.78, 5) is 16.4. The minimum absolute atomic E-state index is 0.116. The highest BCUT2D eigenvalue weighted by molar-refractivity contribution is 7.99. The maximum atomic E-state index is 12.6. The number of benzene rings is 1. The van der Waals surface area contributed by atoms with E-state index in [1.54, 1.807) is 19.9 Å². The van der Waals surface area contributed by atoms with Crippen LogP contribution in [0.15, 0.2) is 32.7 Å². The van der Waals surface area contributed by atoms with Gasteiger partial charge in [-0.05, 0) is 39.0 Å². The highest BCUT2D eigenvalue weighted by atomic mass is 32.2. The summed E-state index contributed by atoms with van der Waals surface area (Å²) in [6.45, 7) is 10.1. The van der Waals surface area contributed by atoms with Crippen LogP contribution in [-0.4, -0.2) is 48.0 Å². The standard InChI is InChI=1S/C17H25N3O4S2/c1-6-20(7-2)26(22,23)12-8-9-14-13(10-12)18-16(24-14)25-11-15(21)19-17(3,4)5/h8-10H,6-7,11H2,1-5H3,(H,19,21). The molecule has 0 bridgehead atoms. The average molecular weight is 400 g/mol. The molecule has 0 aliphatic heterocycles. The molecule has 1 aromatic heterocycles. The summed E-state index contributed by atoms with van der Waals surface area (Å²) in [5, 5.41) is 3.20. The lowest BCUT2D eigenvalue weighted by molar-refractivity contribution is -0.119. The highest BCUT2D eigenvalue weighted by Gasteiger charge is 2.23. The summed E-state index contributed by atoms with van der Waals surface area (Å²) in [6.07, 6.45) is 0. The van der Waals surface area contributed by atoms with Crippen molar-refractivity contribution in [2.45, 2.75) is 50.3 Å². The van der Waals surface area contributed by atoms with E-state index in [0.29, 0.717) is 29.4 Å². The SMILES string of the molecule is CCN(CC)S(=O)(=O)c1ccc2oc(SCC(=O)NC(C)(C)C)nc2c1. The zero-order valence-electron chi connectivity index (χ0n) is 15.7. The van der Waals surface area contributed by atoms with Crippen molar-refractivity contribution in [1.82, 2.24) is 14.6 Å². The lowest BCUT2D eigenvalue weighted by Gasteiger charge is -2.19.